The molecule has 0 aliphatic carbocycles. The highest BCUT2D eigenvalue weighted by Gasteiger charge is 2.17. The molecule has 162 valence electrons. The van der Waals surface area contributed by atoms with Crippen LogP contribution in [0.4, 0.5) is 5.69 Å². The predicted molar refractivity (Wildman–Crippen MR) is 121 cm³/mol. The maximum absolute atomic E-state index is 12.9. The first-order chi connectivity index (χ1) is 15.6. The minimum Gasteiger partial charge on any atom is -0.485 e. The molecule has 7 nitrogen and oxygen atoms in total. The van der Waals surface area contributed by atoms with Gasteiger partial charge in [-0.2, -0.15) is 0 Å². The van der Waals surface area contributed by atoms with E-state index < -0.39 is 0 Å². The maximum Gasteiger partial charge on any atom is 0.244 e. The summed E-state index contributed by atoms with van der Waals surface area (Å²) in [4.78, 5) is 17.6. The average Bonchev–Trinajstić information content (AvgIpc) is 3.39. The summed E-state index contributed by atoms with van der Waals surface area (Å²) in [5, 5.41) is 2.93. The van der Waals surface area contributed by atoms with Gasteiger partial charge in [-0.1, -0.05) is 24.3 Å². The molecular weight excluding hydrogens is 406 g/mol. The number of carbonyl (C=O) groups excluding carboxylic acids is 1. The second-order valence-electron chi connectivity index (χ2n) is 7.78. The highest BCUT2D eigenvalue weighted by molar-refractivity contribution is 5.92. The Hall–Kier alpha value is -4.00. The minimum atomic E-state index is -0.167. The lowest BCUT2D eigenvalue weighted by atomic mass is 10.1. The second-order valence-corrected chi connectivity index (χ2v) is 7.78. The van der Waals surface area contributed by atoms with Crippen LogP contribution in [0.5, 0.6) is 17.2 Å². The van der Waals surface area contributed by atoms with Gasteiger partial charge in [-0.05, 0) is 55.3 Å². The molecular formula is C25H23N3O4. The van der Waals surface area contributed by atoms with Crippen molar-refractivity contribution in [1.82, 2.24) is 9.55 Å². The molecule has 0 fully saturated rings. The molecule has 1 aliphatic rings. The molecule has 1 aromatic heterocycles. The number of aromatic nitrogens is 2. The molecule has 0 saturated heterocycles. The van der Waals surface area contributed by atoms with Crippen LogP contribution in [0.1, 0.15) is 17.0 Å². The molecule has 7 heteroatoms. The number of amides is 1. The first-order valence-electron chi connectivity index (χ1n) is 10.4. The van der Waals surface area contributed by atoms with Crippen molar-refractivity contribution in [3.8, 4) is 17.2 Å². The van der Waals surface area contributed by atoms with Crippen LogP contribution in [0.3, 0.4) is 0 Å². The summed E-state index contributed by atoms with van der Waals surface area (Å²) in [6.07, 6.45) is 0. The number of ether oxygens (including phenoxy) is 3. The first-order valence-corrected chi connectivity index (χ1v) is 10.4. The van der Waals surface area contributed by atoms with E-state index in [4.69, 9.17) is 19.2 Å². The Balaban J connectivity index is 1.37. The number of benzene rings is 3. The van der Waals surface area contributed by atoms with Gasteiger partial charge in [0.05, 0.1) is 11.0 Å². The Kier molecular flexibility index (Phi) is 5.15. The van der Waals surface area contributed by atoms with Crippen molar-refractivity contribution in [2.75, 3.05) is 12.1 Å². The fourth-order valence-electron chi connectivity index (χ4n) is 3.74. The molecule has 0 radical (unpaired) electrons. The van der Waals surface area contributed by atoms with E-state index in [0.717, 1.165) is 27.9 Å². The Morgan fingerprint density at radius 2 is 1.91 bits per heavy atom. The van der Waals surface area contributed by atoms with E-state index in [1.165, 1.54) is 0 Å². The number of imidazole rings is 1. The van der Waals surface area contributed by atoms with Crippen molar-refractivity contribution < 1.29 is 19.0 Å². The number of hydrogen-bond donors (Lipinski definition) is 1. The molecule has 0 saturated carbocycles. The first kappa shape index (κ1) is 19.9. The number of carbonyl (C=O) groups is 1. The summed E-state index contributed by atoms with van der Waals surface area (Å²) in [5.41, 5.74) is 4.54. The number of para-hydroxylation sites is 2. The van der Waals surface area contributed by atoms with Gasteiger partial charge in [-0.3, -0.25) is 4.79 Å². The number of anilines is 1. The lowest BCUT2D eigenvalue weighted by molar-refractivity contribution is -0.116. The fraction of sp³-hybridized carbons (Fsp3) is 0.200. The van der Waals surface area contributed by atoms with E-state index in [0.29, 0.717) is 23.0 Å². The molecule has 0 bridgehead atoms. The highest BCUT2D eigenvalue weighted by atomic mass is 16.7. The van der Waals surface area contributed by atoms with Crippen molar-refractivity contribution in [2.24, 2.45) is 0 Å². The van der Waals surface area contributed by atoms with Crippen LogP contribution in [-0.4, -0.2) is 22.3 Å². The van der Waals surface area contributed by atoms with Crippen molar-refractivity contribution in [3.63, 3.8) is 0 Å². The van der Waals surface area contributed by atoms with Gasteiger partial charge in [0.1, 0.15) is 24.7 Å². The van der Waals surface area contributed by atoms with Crippen LogP contribution in [0.2, 0.25) is 0 Å². The van der Waals surface area contributed by atoms with Gasteiger partial charge >= 0.3 is 0 Å². The molecule has 1 amide bonds. The van der Waals surface area contributed by atoms with Crippen LogP contribution in [-0.2, 0) is 17.9 Å². The number of nitrogens with zero attached hydrogens (tertiary/aromatic N) is 2. The zero-order valence-corrected chi connectivity index (χ0v) is 17.9. The average molecular weight is 429 g/mol. The summed E-state index contributed by atoms with van der Waals surface area (Å²) in [5.74, 6) is 2.63. The summed E-state index contributed by atoms with van der Waals surface area (Å²) >= 11 is 0. The second kappa shape index (κ2) is 8.26. The number of aryl methyl sites for hydroxylation is 2. The van der Waals surface area contributed by atoms with Crippen LogP contribution in [0, 0.1) is 13.8 Å². The third-order valence-corrected chi connectivity index (χ3v) is 5.39. The molecule has 2 heterocycles. The molecule has 3 aromatic carbocycles. The van der Waals surface area contributed by atoms with Crippen molar-refractivity contribution in [1.29, 1.82) is 0 Å². The topological polar surface area (TPSA) is 74.6 Å². The normalized spacial score (nSPS) is 12.2. The summed E-state index contributed by atoms with van der Waals surface area (Å²) in [7, 11) is 0. The largest absolute Gasteiger partial charge is 0.485 e. The van der Waals surface area contributed by atoms with E-state index in [1.54, 1.807) is 18.2 Å². The Labute approximate surface area is 185 Å². The zero-order chi connectivity index (χ0) is 22.1. The molecule has 1 N–H and O–H groups in total. The zero-order valence-electron chi connectivity index (χ0n) is 17.9. The van der Waals surface area contributed by atoms with Gasteiger partial charge in [0.2, 0.25) is 12.7 Å². The van der Waals surface area contributed by atoms with Gasteiger partial charge in [0.25, 0.3) is 0 Å². The smallest absolute Gasteiger partial charge is 0.244 e. The van der Waals surface area contributed by atoms with E-state index in [9.17, 15) is 4.79 Å². The van der Waals surface area contributed by atoms with Gasteiger partial charge < -0.3 is 24.1 Å². The summed E-state index contributed by atoms with van der Waals surface area (Å²) < 4.78 is 18.7. The quantitative estimate of drug-likeness (QED) is 0.485. The van der Waals surface area contributed by atoms with E-state index in [2.05, 4.69) is 11.4 Å². The molecule has 1 aliphatic heterocycles. The Bertz CT molecular complexity index is 1310. The van der Waals surface area contributed by atoms with Crippen LogP contribution in [0.25, 0.3) is 11.0 Å². The monoisotopic (exact) mass is 429 g/mol. The molecule has 32 heavy (non-hydrogen) atoms. The van der Waals surface area contributed by atoms with Gasteiger partial charge in [-0.25, -0.2) is 4.98 Å². The lowest BCUT2D eigenvalue weighted by Crippen LogP contribution is -2.20. The van der Waals surface area contributed by atoms with E-state index in [1.807, 2.05) is 54.8 Å². The molecule has 4 aromatic rings. The van der Waals surface area contributed by atoms with Crippen LogP contribution in [0.15, 0.2) is 60.7 Å². The number of nitrogens with one attached hydrogen (secondary N) is 1. The molecule has 0 unspecified atom stereocenters. The molecule has 0 spiro atoms. The Morgan fingerprint density at radius 3 is 2.81 bits per heavy atom. The Morgan fingerprint density at radius 1 is 1.06 bits per heavy atom. The van der Waals surface area contributed by atoms with Gasteiger partial charge in [-0.15, -0.1) is 0 Å². The SMILES string of the molecule is Cc1ccc(C)c(OCc2nc3ccccc3n2CC(=O)Nc2ccc3c(c2)OCO3)c1. The van der Waals surface area contributed by atoms with E-state index in [-0.39, 0.29) is 25.9 Å². The summed E-state index contributed by atoms with van der Waals surface area (Å²) in [6, 6.07) is 19.2. The number of hydrogen-bond acceptors (Lipinski definition) is 5. The molecule has 5 rings (SSSR count). The maximum atomic E-state index is 12.9. The highest BCUT2D eigenvalue weighted by Crippen LogP contribution is 2.34. The van der Waals surface area contributed by atoms with E-state index >= 15 is 0 Å². The van der Waals surface area contributed by atoms with Crippen molar-refractivity contribution in [3.05, 3.63) is 77.6 Å². The minimum absolute atomic E-state index is 0.112. The predicted octanol–water partition coefficient (Wildman–Crippen LogP) is 4.60. The summed E-state index contributed by atoms with van der Waals surface area (Å²) in [6.45, 7) is 4.60. The van der Waals surface area contributed by atoms with Gasteiger partial charge in [0, 0.05) is 11.8 Å². The lowest BCUT2D eigenvalue weighted by Gasteiger charge is -2.13. The standard InChI is InChI=1S/C25H23N3O4/c1-16-7-8-17(2)22(11-16)30-14-24-27-19-5-3-4-6-20(19)28(24)13-25(29)26-18-9-10-21-23(12-18)32-15-31-21/h3-12H,13-15H2,1-2H3,(H,26,29). The third-order valence-electron chi connectivity index (χ3n) is 5.39. The van der Waals surface area contributed by atoms with Crippen molar-refractivity contribution >= 4 is 22.6 Å². The van der Waals surface area contributed by atoms with Gasteiger partial charge in [0.15, 0.2) is 11.5 Å². The van der Waals surface area contributed by atoms with Crippen LogP contribution >= 0.6 is 0 Å². The number of fused-ring (bicyclic) bond motifs is 2. The van der Waals surface area contributed by atoms with Crippen LogP contribution < -0.4 is 19.5 Å². The fourth-order valence-corrected chi connectivity index (χ4v) is 3.74. The molecule has 0 atom stereocenters. The third kappa shape index (κ3) is 3.97. The van der Waals surface area contributed by atoms with Crippen molar-refractivity contribution in [2.45, 2.75) is 27.0 Å². The number of rotatable bonds is 6.